The summed E-state index contributed by atoms with van der Waals surface area (Å²) in [5.74, 6) is 0.803. The van der Waals surface area contributed by atoms with E-state index in [1.165, 1.54) is 0 Å². The molecular formula is C12H14N4. The van der Waals surface area contributed by atoms with Crippen LogP contribution in [0.3, 0.4) is 0 Å². The molecule has 0 atom stereocenters. The second-order valence-corrected chi connectivity index (χ2v) is 3.48. The van der Waals surface area contributed by atoms with Gasteiger partial charge in [-0.05, 0) is 12.1 Å². The summed E-state index contributed by atoms with van der Waals surface area (Å²) < 4.78 is 0. The molecule has 4 heteroatoms. The molecule has 0 unspecified atom stereocenters. The first-order chi connectivity index (χ1) is 7.84. The molecule has 0 amide bonds. The van der Waals surface area contributed by atoms with E-state index in [2.05, 4.69) is 15.3 Å². The van der Waals surface area contributed by atoms with Crippen molar-refractivity contribution in [3.63, 3.8) is 0 Å². The number of para-hydroxylation sites is 1. The summed E-state index contributed by atoms with van der Waals surface area (Å²) in [4.78, 5) is 8.27. The number of nitrogens with two attached hydrogens (primary N) is 1. The van der Waals surface area contributed by atoms with Gasteiger partial charge in [-0.25, -0.2) is 9.97 Å². The molecular weight excluding hydrogens is 200 g/mol. The molecule has 16 heavy (non-hydrogen) atoms. The van der Waals surface area contributed by atoms with Crippen molar-refractivity contribution >= 4 is 11.4 Å². The number of anilines is 2. The van der Waals surface area contributed by atoms with Crippen molar-refractivity contribution in [2.75, 3.05) is 17.6 Å². The largest absolute Gasteiger partial charge is 0.396 e. The van der Waals surface area contributed by atoms with E-state index in [1.54, 1.807) is 12.4 Å². The van der Waals surface area contributed by atoms with Crippen LogP contribution in [0.5, 0.6) is 0 Å². The first kappa shape index (κ1) is 10.4. The minimum absolute atomic E-state index is 0.597. The molecule has 0 saturated carbocycles. The van der Waals surface area contributed by atoms with E-state index in [4.69, 9.17) is 5.73 Å². The van der Waals surface area contributed by atoms with Crippen LogP contribution in [0, 0.1) is 0 Å². The lowest BCUT2D eigenvalue weighted by molar-refractivity contribution is 0.895. The first-order valence-corrected chi connectivity index (χ1v) is 5.20. The minimum Gasteiger partial charge on any atom is -0.396 e. The molecule has 0 radical (unpaired) electrons. The van der Waals surface area contributed by atoms with E-state index in [-0.39, 0.29) is 0 Å². The van der Waals surface area contributed by atoms with Gasteiger partial charge in [0.2, 0.25) is 0 Å². The fourth-order valence-corrected chi connectivity index (χ4v) is 1.37. The molecule has 0 fully saturated rings. The topological polar surface area (TPSA) is 63.8 Å². The van der Waals surface area contributed by atoms with E-state index >= 15 is 0 Å². The number of aromatic nitrogens is 2. The van der Waals surface area contributed by atoms with Gasteiger partial charge in [0.1, 0.15) is 5.82 Å². The molecule has 0 aliphatic rings. The predicted octanol–water partition coefficient (Wildman–Crippen LogP) is 1.71. The Hall–Kier alpha value is -2.10. The van der Waals surface area contributed by atoms with Crippen molar-refractivity contribution in [1.29, 1.82) is 0 Å². The quantitative estimate of drug-likeness (QED) is 0.813. The van der Waals surface area contributed by atoms with Gasteiger partial charge in [0.25, 0.3) is 0 Å². The maximum absolute atomic E-state index is 5.51. The summed E-state index contributed by atoms with van der Waals surface area (Å²) in [7, 11) is 0. The Kier molecular flexibility index (Phi) is 3.33. The van der Waals surface area contributed by atoms with Gasteiger partial charge >= 0.3 is 0 Å². The first-order valence-electron chi connectivity index (χ1n) is 5.20. The summed E-state index contributed by atoms with van der Waals surface area (Å²) in [6.45, 7) is 0.813. The zero-order valence-electron chi connectivity index (χ0n) is 8.93. The molecule has 1 heterocycles. The molecule has 1 aromatic carbocycles. The highest BCUT2D eigenvalue weighted by Gasteiger charge is 1.96. The second kappa shape index (κ2) is 5.11. The zero-order chi connectivity index (χ0) is 11.2. The summed E-state index contributed by atoms with van der Waals surface area (Å²) >= 11 is 0. The highest BCUT2D eigenvalue weighted by atomic mass is 14.9. The van der Waals surface area contributed by atoms with Crippen molar-refractivity contribution in [2.45, 2.75) is 6.42 Å². The molecule has 0 bridgehead atoms. The molecule has 0 saturated heterocycles. The number of nitrogen functional groups attached to an aromatic ring is 1. The maximum Gasteiger partial charge on any atom is 0.130 e. The lowest BCUT2D eigenvalue weighted by Crippen LogP contribution is -2.07. The van der Waals surface area contributed by atoms with Gasteiger partial charge in [-0.15, -0.1) is 0 Å². The van der Waals surface area contributed by atoms with Crippen LogP contribution in [0.2, 0.25) is 0 Å². The number of nitrogens with zero attached hydrogens (tertiary/aromatic N) is 2. The summed E-state index contributed by atoms with van der Waals surface area (Å²) in [5, 5.41) is 3.30. The Morgan fingerprint density at radius 1 is 1.06 bits per heavy atom. The molecule has 4 nitrogen and oxygen atoms in total. The molecule has 2 aromatic rings. The van der Waals surface area contributed by atoms with Crippen molar-refractivity contribution in [1.82, 2.24) is 9.97 Å². The average molecular weight is 214 g/mol. The Labute approximate surface area is 94.5 Å². The van der Waals surface area contributed by atoms with Crippen LogP contribution in [0.15, 0.2) is 42.7 Å². The van der Waals surface area contributed by atoms with E-state index < -0.39 is 0 Å². The molecule has 82 valence electrons. The van der Waals surface area contributed by atoms with Crippen molar-refractivity contribution < 1.29 is 0 Å². The third-order valence-electron chi connectivity index (χ3n) is 2.18. The maximum atomic E-state index is 5.51. The van der Waals surface area contributed by atoms with Gasteiger partial charge in [-0.2, -0.15) is 0 Å². The monoisotopic (exact) mass is 214 g/mol. The Morgan fingerprint density at radius 2 is 1.75 bits per heavy atom. The second-order valence-electron chi connectivity index (χ2n) is 3.48. The van der Waals surface area contributed by atoms with Gasteiger partial charge in [0.15, 0.2) is 0 Å². The lowest BCUT2D eigenvalue weighted by Gasteiger charge is -2.04. The number of hydrogen-bond donors (Lipinski definition) is 2. The van der Waals surface area contributed by atoms with Gasteiger partial charge in [-0.3, -0.25) is 0 Å². The van der Waals surface area contributed by atoms with Crippen LogP contribution in [0.25, 0.3) is 0 Å². The molecule has 1 aromatic heterocycles. The minimum atomic E-state index is 0.597. The third-order valence-corrected chi connectivity index (χ3v) is 2.18. The van der Waals surface area contributed by atoms with Gasteiger partial charge in [0, 0.05) is 18.7 Å². The number of rotatable bonds is 4. The molecule has 3 N–H and O–H groups in total. The molecule has 2 rings (SSSR count). The molecule has 0 aliphatic carbocycles. The van der Waals surface area contributed by atoms with Crippen molar-refractivity contribution in [3.8, 4) is 0 Å². The van der Waals surface area contributed by atoms with Crippen LogP contribution in [0.4, 0.5) is 11.4 Å². The fraction of sp³-hybridized carbons (Fsp3) is 0.167. The van der Waals surface area contributed by atoms with Crippen molar-refractivity contribution in [3.05, 3.63) is 48.5 Å². The number of hydrogen-bond acceptors (Lipinski definition) is 4. The molecule has 0 aliphatic heterocycles. The number of nitrogens with one attached hydrogen (secondary N) is 1. The highest BCUT2D eigenvalue weighted by Crippen LogP contribution is 2.04. The van der Waals surface area contributed by atoms with Gasteiger partial charge in [0.05, 0.1) is 18.1 Å². The summed E-state index contributed by atoms with van der Waals surface area (Å²) in [6.07, 6.45) is 4.05. The van der Waals surface area contributed by atoms with Gasteiger partial charge < -0.3 is 11.1 Å². The Morgan fingerprint density at radius 3 is 2.44 bits per heavy atom. The third kappa shape index (κ3) is 2.95. The predicted molar refractivity (Wildman–Crippen MR) is 65.1 cm³/mol. The van der Waals surface area contributed by atoms with Crippen LogP contribution >= 0.6 is 0 Å². The van der Waals surface area contributed by atoms with Crippen LogP contribution in [-0.2, 0) is 6.42 Å². The van der Waals surface area contributed by atoms with E-state index in [9.17, 15) is 0 Å². The van der Waals surface area contributed by atoms with Crippen molar-refractivity contribution in [2.24, 2.45) is 0 Å². The van der Waals surface area contributed by atoms with E-state index in [0.29, 0.717) is 5.69 Å². The zero-order valence-corrected chi connectivity index (χ0v) is 8.93. The van der Waals surface area contributed by atoms with Crippen LogP contribution in [0.1, 0.15) is 5.82 Å². The lowest BCUT2D eigenvalue weighted by atomic mass is 10.3. The average Bonchev–Trinajstić information content (AvgIpc) is 2.33. The van der Waals surface area contributed by atoms with Crippen LogP contribution < -0.4 is 11.1 Å². The summed E-state index contributed by atoms with van der Waals surface area (Å²) in [5.41, 5.74) is 7.21. The fourth-order valence-electron chi connectivity index (χ4n) is 1.37. The van der Waals surface area contributed by atoms with E-state index in [0.717, 1.165) is 24.5 Å². The summed E-state index contributed by atoms with van der Waals surface area (Å²) in [6, 6.07) is 10.1. The SMILES string of the molecule is Nc1cnc(CCNc2ccccc2)nc1. The number of benzene rings is 1. The smallest absolute Gasteiger partial charge is 0.130 e. The molecule has 0 spiro atoms. The Bertz CT molecular complexity index is 425. The van der Waals surface area contributed by atoms with E-state index in [1.807, 2.05) is 30.3 Å². The van der Waals surface area contributed by atoms with Crippen LogP contribution in [-0.4, -0.2) is 16.5 Å². The highest BCUT2D eigenvalue weighted by molar-refractivity contribution is 5.42. The van der Waals surface area contributed by atoms with Gasteiger partial charge in [-0.1, -0.05) is 18.2 Å². The normalized spacial score (nSPS) is 10.0. The Balaban J connectivity index is 1.82. The standard InChI is InChI=1S/C12H14N4/c13-10-8-15-12(16-9-10)6-7-14-11-4-2-1-3-5-11/h1-5,8-9,14H,6-7,13H2.